The molecule has 8 heteroatoms. The minimum Gasteiger partial charge on any atom is -0.337 e. The zero-order valence-corrected chi connectivity index (χ0v) is 19.0. The van der Waals surface area contributed by atoms with Gasteiger partial charge in [0.15, 0.2) is 0 Å². The minimum absolute atomic E-state index is 0.00153. The molecule has 5 rings (SSSR count). The van der Waals surface area contributed by atoms with Gasteiger partial charge in [0.05, 0.1) is 17.2 Å². The number of nitrogens with zero attached hydrogens (tertiary/aromatic N) is 5. The molecule has 2 aliphatic rings. The maximum atomic E-state index is 12.7. The van der Waals surface area contributed by atoms with Crippen LogP contribution in [0.15, 0.2) is 47.7 Å². The number of piperidine rings is 1. The number of aromatic amines is 1. The van der Waals surface area contributed by atoms with E-state index in [1.807, 2.05) is 33.7 Å². The maximum Gasteiger partial charge on any atom is 0.326 e. The second-order valence-electron chi connectivity index (χ2n) is 9.36. The number of carbonyl (C=O) groups is 1. The number of amides is 1. The second kappa shape index (κ2) is 9.87. The SMILES string of the molecule is O=C(c1cnccn1)N1CCCC(CCN2CCC(n3c(=O)[nH]c4ccccc43)CC2)CC1. The van der Waals surface area contributed by atoms with Gasteiger partial charge in [0, 0.05) is 44.6 Å². The van der Waals surface area contributed by atoms with Crippen molar-refractivity contribution in [3.8, 4) is 0 Å². The Bertz CT molecular complexity index is 1130. The molecule has 174 valence electrons. The van der Waals surface area contributed by atoms with Gasteiger partial charge in [0.1, 0.15) is 5.69 Å². The van der Waals surface area contributed by atoms with Gasteiger partial charge in [-0.15, -0.1) is 0 Å². The topological polar surface area (TPSA) is 87.1 Å². The Morgan fingerprint density at radius 2 is 1.88 bits per heavy atom. The van der Waals surface area contributed by atoms with E-state index in [1.54, 1.807) is 18.6 Å². The zero-order chi connectivity index (χ0) is 22.6. The van der Waals surface area contributed by atoms with E-state index >= 15 is 0 Å². The smallest absolute Gasteiger partial charge is 0.326 e. The predicted molar refractivity (Wildman–Crippen MR) is 127 cm³/mol. The van der Waals surface area contributed by atoms with Crippen LogP contribution in [0, 0.1) is 5.92 Å². The normalized spacial score (nSPS) is 20.7. The lowest BCUT2D eigenvalue weighted by Crippen LogP contribution is -2.38. The fraction of sp³-hybridized carbons (Fsp3) is 0.520. The fourth-order valence-electron chi connectivity index (χ4n) is 5.43. The minimum atomic E-state index is -0.00153. The summed E-state index contributed by atoms with van der Waals surface area (Å²) in [4.78, 5) is 40.9. The standard InChI is InChI=1S/C25H32N6O2/c32-24(22-18-26-11-12-27-22)30-13-3-4-19(8-17-30)7-14-29-15-9-20(10-16-29)31-23-6-2-1-5-21(23)28-25(31)33/h1-2,5-6,11-12,18-20H,3-4,7-10,13-17H2,(H,28,33). The summed E-state index contributed by atoms with van der Waals surface area (Å²) in [5.74, 6) is 0.650. The van der Waals surface area contributed by atoms with Gasteiger partial charge in [-0.2, -0.15) is 0 Å². The number of likely N-dealkylation sites (tertiary alicyclic amines) is 2. The molecule has 0 saturated carbocycles. The van der Waals surface area contributed by atoms with Crippen LogP contribution in [0.25, 0.3) is 11.0 Å². The van der Waals surface area contributed by atoms with E-state index in [1.165, 1.54) is 12.8 Å². The Morgan fingerprint density at radius 3 is 2.70 bits per heavy atom. The molecule has 2 aliphatic heterocycles. The van der Waals surface area contributed by atoms with Gasteiger partial charge < -0.3 is 14.8 Å². The van der Waals surface area contributed by atoms with Crippen LogP contribution in [0.1, 0.15) is 55.1 Å². The number of nitrogens with one attached hydrogen (secondary N) is 1. The van der Waals surface area contributed by atoms with Gasteiger partial charge >= 0.3 is 5.69 Å². The first-order chi connectivity index (χ1) is 16.2. The zero-order valence-electron chi connectivity index (χ0n) is 19.0. The predicted octanol–water partition coefficient (Wildman–Crippen LogP) is 3.09. The Kier molecular flexibility index (Phi) is 6.53. The molecule has 2 fully saturated rings. The van der Waals surface area contributed by atoms with E-state index in [-0.39, 0.29) is 17.6 Å². The number of hydrogen-bond acceptors (Lipinski definition) is 5. The molecule has 2 saturated heterocycles. The molecule has 2 aromatic heterocycles. The van der Waals surface area contributed by atoms with Crippen molar-refractivity contribution >= 4 is 16.9 Å². The Morgan fingerprint density at radius 1 is 1.03 bits per heavy atom. The van der Waals surface area contributed by atoms with Gasteiger partial charge in [-0.3, -0.25) is 14.3 Å². The molecule has 3 aromatic rings. The first kappa shape index (κ1) is 21.8. The highest BCUT2D eigenvalue weighted by Gasteiger charge is 2.26. The Hall–Kier alpha value is -3.00. The van der Waals surface area contributed by atoms with Crippen LogP contribution in [0.3, 0.4) is 0 Å². The summed E-state index contributed by atoms with van der Waals surface area (Å²) in [6.45, 7) is 4.75. The molecule has 0 bridgehead atoms. The lowest BCUT2D eigenvalue weighted by molar-refractivity contribution is 0.0753. The van der Waals surface area contributed by atoms with Crippen LogP contribution in [0.5, 0.6) is 0 Å². The summed E-state index contributed by atoms with van der Waals surface area (Å²) < 4.78 is 1.96. The van der Waals surface area contributed by atoms with Crippen LogP contribution in [0.4, 0.5) is 0 Å². The molecule has 0 radical (unpaired) electrons. The molecule has 0 aliphatic carbocycles. The van der Waals surface area contributed by atoms with Crippen molar-refractivity contribution in [1.82, 2.24) is 29.3 Å². The number of aromatic nitrogens is 4. The van der Waals surface area contributed by atoms with E-state index in [4.69, 9.17) is 0 Å². The van der Waals surface area contributed by atoms with Crippen molar-refractivity contribution in [1.29, 1.82) is 0 Å². The van der Waals surface area contributed by atoms with Crippen molar-refractivity contribution in [2.45, 2.75) is 44.6 Å². The highest BCUT2D eigenvalue weighted by molar-refractivity contribution is 5.91. The average Bonchev–Trinajstić information content (AvgIpc) is 3.02. The summed E-state index contributed by atoms with van der Waals surface area (Å²) in [5.41, 5.74) is 2.38. The molecule has 1 amide bonds. The number of hydrogen-bond donors (Lipinski definition) is 1. The largest absolute Gasteiger partial charge is 0.337 e. The molecule has 1 aromatic carbocycles. The summed E-state index contributed by atoms with van der Waals surface area (Å²) in [6, 6.07) is 8.23. The first-order valence-corrected chi connectivity index (χ1v) is 12.2. The third-order valence-corrected chi connectivity index (χ3v) is 7.32. The molecule has 8 nitrogen and oxygen atoms in total. The van der Waals surface area contributed by atoms with Crippen molar-refractivity contribution in [3.05, 3.63) is 59.0 Å². The van der Waals surface area contributed by atoms with E-state index in [2.05, 4.69) is 19.9 Å². The van der Waals surface area contributed by atoms with Gasteiger partial charge in [0.25, 0.3) is 5.91 Å². The fourth-order valence-corrected chi connectivity index (χ4v) is 5.43. The molecule has 4 heterocycles. The van der Waals surface area contributed by atoms with Gasteiger partial charge in [0.2, 0.25) is 0 Å². The summed E-state index contributed by atoms with van der Waals surface area (Å²) in [7, 11) is 0. The van der Waals surface area contributed by atoms with Crippen LogP contribution in [0.2, 0.25) is 0 Å². The van der Waals surface area contributed by atoms with Gasteiger partial charge in [-0.05, 0) is 63.1 Å². The van der Waals surface area contributed by atoms with Crippen molar-refractivity contribution in [3.63, 3.8) is 0 Å². The molecule has 33 heavy (non-hydrogen) atoms. The van der Waals surface area contributed by atoms with Gasteiger partial charge in [-0.1, -0.05) is 12.1 Å². The van der Waals surface area contributed by atoms with Crippen LogP contribution < -0.4 is 5.69 Å². The maximum absolute atomic E-state index is 12.7. The van der Waals surface area contributed by atoms with Crippen LogP contribution in [-0.4, -0.2) is 67.9 Å². The monoisotopic (exact) mass is 448 g/mol. The third-order valence-electron chi connectivity index (χ3n) is 7.32. The molecular weight excluding hydrogens is 416 g/mol. The molecular formula is C25H32N6O2. The van der Waals surface area contributed by atoms with E-state index in [9.17, 15) is 9.59 Å². The second-order valence-corrected chi connectivity index (χ2v) is 9.36. The van der Waals surface area contributed by atoms with Crippen molar-refractivity contribution < 1.29 is 4.79 Å². The highest BCUT2D eigenvalue weighted by Crippen LogP contribution is 2.27. The van der Waals surface area contributed by atoms with E-state index in [0.717, 1.165) is 69.4 Å². The number of imidazole rings is 1. The lowest BCUT2D eigenvalue weighted by atomic mass is 9.96. The first-order valence-electron chi connectivity index (χ1n) is 12.2. The number of para-hydroxylation sites is 2. The quantitative estimate of drug-likeness (QED) is 0.648. The van der Waals surface area contributed by atoms with Gasteiger partial charge in [-0.25, -0.2) is 9.78 Å². The number of fused-ring (bicyclic) bond motifs is 1. The molecule has 1 unspecified atom stereocenters. The number of benzene rings is 1. The molecule has 1 N–H and O–H groups in total. The van der Waals surface area contributed by atoms with E-state index < -0.39 is 0 Å². The average molecular weight is 449 g/mol. The van der Waals surface area contributed by atoms with E-state index in [0.29, 0.717) is 11.6 Å². The highest BCUT2D eigenvalue weighted by atomic mass is 16.2. The Labute approximate surface area is 193 Å². The van der Waals surface area contributed by atoms with Crippen LogP contribution >= 0.6 is 0 Å². The molecule has 1 atom stereocenters. The number of rotatable bonds is 5. The van der Waals surface area contributed by atoms with Crippen molar-refractivity contribution in [2.75, 3.05) is 32.7 Å². The summed E-state index contributed by atoms with van der Waals surface area (Å²) in [5, 5.41) is 0. The number of carbonyl (C=O) groups excluding carboxylic acids is 1. The number of H-pyrrole nitrogens is 1. The Balaban J connectivity index is 1.10. The summed E-state index contributed by atoms with van der Waals surface area (Å²) in [6.07, 6.45) is 11.2. The summed E-state index contributed by atoms with van der Waals surface area (Å²) >= 11 is 0. The molecule has 0 spiro atoms. The van der Waals surface area contributed by atoms with Crippen molar-refractivity contribution in [2.24, 2.45) is 5.92 Å². The third kappa shape index (κ3) is 4.85. The lowest BCUT2D eigenvalue weighted by Gasteiger charge is -2.33. The van der Waals surface area contributed by atoms with Crippen LogP contribution in [-0.2, 0) is 0 Å².